The number of hydrogen-bond donors (Lipinski definition) is 1. The van der Waals surface area contributed by atoms with Gasteiger partial charge in [0.15, 0.2) is 0 Å². The third-order valence-corrected chi connectivity index (χ3v) is 3.94. The number of benzene rings is 1. The summed E-state index contributed by atoms with van der Waals surface area (Å²) in [4.78, 5) is 2.28. The first-order chi connectivity index (χ1) is 8.95. The van der Waals surface area contributed by atoms with Crippen molar-refractivity contribution in [2.24, 2.45) is 5.73 Å². The van der Waals surface area contributed by atoms with Crippen LogP contribution in [0.25, 0.3) is 0 Å². The molecule has 0 bridgehead atoms. The van der Waals surface area contributed by atoms with Crippen molar-refractivity contribution in [1.29, 1.82) is 0 Å². The average molecular weight is 287 g/mol. The topological polar surface area (TPSA) is 38.5 Å². The maximum absolute atomic E-state index is 13.6. The lowest BCUT2D eigenvalue weighted by atomic mass is 9.95. The molecule has 2 N–H and O–H groups in total. The summed E-state index contributed by atoms with van der Waals surface area (Å²) in [6.07, 6.45) is 0. The van der Waals surface area contributed by atoms with Crippen molar-refractivity contribution in [3.8, 4) is 0 Å². The van der Waals surface area contributed by atoms with E-state index in [0.717, 1.165) is 12.1 Å². The molecule has 2 rings (SSSR count). The van der Waals surface area contributed by atoms with Gasteiger partial charge in [-0.05, 0) is 31.5 Å². The molecule has 1 aromatic rings. The zero-order chi connectivity index (χ0) is 14.0. The SMILES string of the molecule is CC1(C)COCCN1C(CN)c1ccc(Cl)c(F)c1. The molecule has 1 fully saturated rings. The quantitative estimate of drug-likeness (QED) is 0.928. The van der Waals surface area contributed by atoms with Gasteiger partial charge in [-0.15, -0.1) is 0 Å². The van der Waals surface area contributed by atoms with Gasteiger partial charge in [0.25, 0.3) is 0 Å². The highest BCUT2D eigenvalue weighted by Crippen LogP contribution is 2.31. The van der Waals surface area contributed by atoms with Gasteiger partial charge in [-0.1, -0.05) is 17.7 Å². The first-order valence-corrected chi connectivity index (χ1v) is 6.83. The van der Waals surface area contributed by atoms with E-state index in [2.05, 4.69) is 18.7 Å². The van der Waals surface area contributed by atoms with E-state index < -0.39 is 5.82 Å². The van der Waals surface area contributed by atoms with E-state index in [4.69, 9.17) is 22.1 Å². The number of nitrogens with two attached hydrogens (primary N) is 1. The third-order valence-electron chi connectivity index (χ3n) is 3.64. The van der Waals surface area contributed by atoms with Gasteiger partial charge in [-0.2, -0.15) is 0 Å². The molecule has 1 saturated heterocycles. The minimum absolute atomic E-state index is 0.0225. The molecule has 1 aliphatic rings. The van der Waals surface area contributed by atoms with Gasteiger partial charge in [0.05, 0.1) is 18.2 Å². The Morgan fingerprint density at radius 1 is 1.53 bits per heavy atom. The van der Waals surface area contributed by atoms with Gasteiger partial charge in [-0.3, -0.25) is 4.90 Å². The monoisotopic (exact) mass is 286 g/mol. The van der Waals surface area contributed by atoms with Crippen LogP contribution in [-0.2, 0) is 4.74 Å². The number of nitrogens with zero attached hydrogens (tertiary/aromatic N) is 1. The van der Waals surface area contributed by atoms with Crippen LogP contribution in [0.2, 0.25) is 5.02 Å². The van der Waals surface area contributed by atoms with Crippen LogP contribution in [0.15, 0.2) is 18.2 Å². The van der Waals surface area contributed by atoms with Crippen molar-refractivity contribution in [2.75, 3.05) is 26.3 Å². The highest BCUT2D eigenvalue weighted by atomic mass is 35.5. The van der Waals surface area contributed by atoms with Gasteiger partial charge in [0.1, 0.15) is 5.82 Å². The Bertz CT molecular complexity index is 453. The van der Waals surface area contributed by atoms with Crippen LogP contribution in [0.3, 0.4) is 0 Å². The second kappa shape index (κ2) is 5.75. The molecule has 1 aliphatic heterocycles. The lowest BCUT2D eigenvalue weighted by Crippen LogP contribution is -2.55. The zero-order valence-corrected chi connectivity index (χ0v) is 12.1. The van der Waals surface area contributed by atoms with Crippen molar-refractivity contribution in [3.05, 3.63) is 34.6 Å². The third kappa shape index (κ3) is 3.08. The molecule has 3 nitrogen and oxygen atoms in total. The highest BCUT2D eigenvalue weighted by Gasteiger charge is 2.35. The first-order valence-electron chi connectivity index (χ1n) is 6.45. The van der Waals surface area contributed by atoms with Crippen molar-refractivity contribution < 1.29 is 9.13 Å². The summed E-state index contributed by atoms with van der Waals surface area (Å²) < 4.78 is 19.1. The van der Waals surface area contributed by atoms with Gasteiger partial charge in [0.2, 0.25) is 0 Å². The van der Waals surface area contributed by atoms with E-state index in [-0.39, 0.29) is 16.6 Å². The fourth-order valence-corrected chi connectivity index (χ4v) is 2.73. The van der Waals surface area contributed by atoms with Crippen LogP contribution in [0.5, 0.6) is 0 Å². The summed E-state index contributed by atoms with van der Waals surface area (Å²) in [7, 11) is 0. The predicted molar refractivity (Wildman–Crippen MR) is 74.8 cm³/mol. The molecule has 0 saturated carbocycles. The maximum atomic E-state index is 13.6. The van der Waals surface area contributed by atoms with Crippen LogP contribution in [0.4, 0.5) is 4.39 Å². The van der Waals surface area contributed by atoms with Crippen molar-refractivity contribution >= 4 is 11.6 Å². The van der Waals surface area contributed by atoms with E-state index in [1.807, 2.05) is 6.07 Å². The number of ether oxygens (including phenoxy) is 1. The van der Waals surface area contributed by atoms with E-state index in [1.165, 1.54) is 6.07 Å². The fourth-order valence-electron chi connectivity index (χ4n) is 2.61. The van der Waals surface area contributed by atoms with Crippen LogP contribution < -0.4 is 5.73 Å². The molecule has 1 unspecified atom stereocenters. The van der Waals surface area contributed by atoms with E-state index in [0.29, 0.717) is 19.8 Å². The smallest absolute Gasteiger partial charge is 0.142 e. The molecule has 0 aromatic heterocycles. The average Bonchev–Trinajstić information content (AvgIpc) is 2.36. The largest absolute Gasteiger partial charge is 0.378 e. The molecular formula is C14H20ClFN2O. The zero-order valence-electron chi connectivity index (χ0n) is 11.3. The fraction of sp³-hybridized carbons (Fsp3) is 0.571. The van der Waals surface area contributed by atoms with Crippen LogP contribution in [0.1, 0.15) is 25.5 Å². The minimum Gasteiger partial charge on any atom is -0.378 e. The molecule has 19 heavy (non-hydrogen) atoms. The maximum Gasteiger partial charge on any atom is 0.142 e. The molecule has 0 amide bonds. The van der Waals surface area contributed by atoms with Crippen LogP contribution in [-0.4, -0.2) is 36.7 Å². The summed E-state index contributed by atoms with van der Waals surface area (Å²) in [5.41, 5.74) is 6.65. The van der Waals surface area contributed by atoms with Crippen LogP contribution in [0, 0.1) is 5.82 Å². The van der Waals surface area contributed by atoms with Crippen molar-refractivity contribution in [1.82, 2.24) is 4.90 Å². The Morgan fingerprint density at radius 3 is 2.84 bits per heavy atom. The molecule has 1 atom stereocenters. The number of hydrogen-bond acceptors (Lipinski definition) is 3. The van der Waals surface area contributed by atoms with E-state index in [1.54, 1.807) is 6.07 Å². The Morgan fingerprint density at radius 2 is 2.26 bits per heavy atom. The van der Waals surface area contributed by atoms with Crippen LogP contribution >= 0.6 is 11.6 Å². The summed E-state index contributed by atoms with van der Waals surface area (Å²) in [6.45, 7) is 6.78. The number of morpholine rings is 1. The highest BCUT2D eigenvalue weighted by molar-refractivity contribution is 6.30. The van der Waals surface area contributed by atoms with Gasteiger partial charge >= 0.3 is 0 Å². The molecule has 106 valence electrons. The minimum atomic E-state index is -0.399. The van der Waals surface area contributed by atoms with Gasteiger partial charge in [0, 0.05) is 24.7 Å². The molecule has 0 radical (unpaired) electrons. The summed E-state index contributed by atoms with van der Waals surface area (Å²) >= 11 is 5.73. The molecular weight excluding hydrogens is 267 g/mol. The summed E-state index contributed by atoms with van der Waals surface area (Å²) in [5.74, 6) is -0.399. The van der Waals surface area contributed by atoms with Crippen molar-refractivity contribution in [3.63, 3.8) is 0 Å². The van der Waals surface area contributed by atoms with Gasteiger partial charge in [-0.25, -0.2) is 4.39 Å². The van der Waals surface area contributed by atoms with E-state index in [9.17, 15) is 4.39 Å². The second-order valence-corrected chi connectivity index (χ2v) is 5.89. The molecule has 1 aromatic carbocycles. The molecule has 1 heterocycles. The molecule has 0 spiro atoms. The lowest BCUT2D eigenvalue weighted by Gasteiger charge is -2.46. The standard InChI is InChI=1S/C14H20ClFN2O/c1-14(2)9-19-6-5-18(14)13(8-17)10-3-4-11(15)12(16)7-10/h3-4,7,13H,5-6,8-9,17H2,1-2H3. The summed E-state index contributed by atoms with van der Waals surface area (Å²) in [6, 6.07) is 4.88. The number of rotatable bonds is 3. The summed E-state index contributed by atoms with van der Waals surface area (Å²) in [5, 5.41) is 0.140. The predicted octanol–water partition coefficient (Wildman–Crippen LogP) is 2.59. The second-order valence-electron chi connectivity index (χ2n) is 5.48. The van der Waals surface area contributed by atoms with Crippen molar-refractivity contribution in [2.45, 2.75) is 25.4 Å². The lowest BCUT2D eigenvalue weighted by molar-refractivity contribution is -0.0713. The Kier molecular flexibility index (Phi) is 4.46. The van der Waals surface area contributed by atoms with E-state index >= 15 is 0 Å². The normalized spacial score (nSPS) is 21.3. The first kappa shape index (κ1) is 14.7. The Labute approximate surface area is 118 Å². The number of halogens is 2. The molecule has 5 heteroatoms. The van der Waals surface area contributed by atoms with Gasteiger partial charge < -0.3 is 10.5 Å². The molecule has 0 aliphatic carbocycles. The Hall–Kier alpha value is -0.680. The Balaban J connectivity index is 2.30.